The number of likely N-dealkylation sites (N-methyl/N-ethyl adjacent to an activating group) is 2. The average Bonchev–Trinajstić information content (AvgIpc) is 2.33. The molecule has 0 aliphatic carbocycles. The maximum atomic E-state index is 3.57. The molecule has 1 heterocycles. The van der Waals surface area contributed by atoms with Gasteiger partial charge in [0.15, 0.2) is 0 Å². The van der Waals surface area contributed by atoms with Gasteiger partial charge in [-0.05, 0) is 58.8 Å². The van der Waals surface area contributed by atoms with Crippen molar-refractivity contribution in [1.29, 1.82) is 0 Å². The Morgan fingerprint density at radius 2 is 2.11 bits per heavy atom. The summed E-state index contributed by atoms with van der Waals surface area (Å²) in [6.45, 7) is 10.6. The van der Waals surface area contributed by atoms with Gasteiger partial charge in [0, 0.05) is 25.7 Å². The molecule has 1 saturated heterocycles. The Morgan fingerprint density at radius 1 is 1.33 bits per heavy atom. The molecule has 18 heavy (non-hydrogen) atoms. The van der Waals surface area contributed by atoms with Crippen molar-refractivity contribution >= 4 is 0 Å². The van der Waals surface area contributed by atoms with Gasteiger partial charge < -0.3 is 15.1 Å². The Bertz CT molecular complexity index is 206. The van der Waals surface area contributed by atoms with E-state index in [-0.39, 0.29) is 0 Å². The molecule has 1 aliphatic heterocycles. The maximum absolute atomic E-state index is 3.57. The number of rotatable bonds is 8. The Labute approximate surface area is 114 Å². The van der Waals surface area contributed by atoms with E-state index < -0.39 is 0 Å². The van der Waals surface area contributed by atoms with Crippen LogP contribution in [-0.2, 0) is 0 Å². The largest absolute Gasteiger partial charge is 0.315 e. The minimum absolute atomic E-state index is 0.765. The number of likely N-dealkylation sites (tertiary alicyclic amines) is 1. The van der Waals surface area contributed by atoms with E-state index in [0.717, 1.165) is 18.5 Å². The lowest BCUT2D eigenvalue weighted by atomic mass is 10.1. The third kappa shape index (κ3) is 6.72. The molecule has 0 amide bonds. The van der Waals surface area contributed by atoms with Crippen molar-refractivity contribution in [2.24, 2.45) is 5.92 Å². The minimum atomic E-state index is 0.765. The zero-order chi connectivity index (χ0) is 13.4. The van der Waals surface area contributed by atoms with Crippen molar-refractivity contribution in [1.82, 2.24) is 15.1 Å². The first-order valence-corrected chi connectivity index (χ1v) is 7.69. The lowest BCUT2D eigenvalue weighted by Gasteiger charge is -2.35. The number of hydrogen-bond acceptors (Lipinski definition) is 3. The Balaban J connectivity index is 2.00. The molecule has 0 saturated carbocycles. The summed E-state index contributed by atoms with van der Waals surface area (Å²) in [6, 6.07) is 0.765. The summed E-state index contributed by atoms with van der Waals surface area (Å²) in [7, 11) is 4.52. The molecule has 3 nitrogen and oxygen atoms in total. The van der Waals surface area contributed by atoms with Crippen molar-refractivity contribution < 1.29 is 0 Å². The highest BCUT2D eigenvalue weighted by molar-refractivity contribution is 4.77. The lowest BCUT2D eigenvalue weighted by Crippen LogP contribution is -2.46. The van der Waals surface area contributed by atoms with Gasteiger partial charge in [0.2, 0.25) is 0 Å². The van der Waals surface area contributed by atoms with Crippen LogP contribution >= 0.6 is 0 Å². The predicted molar refractivity (Wildman–Crippen MR) is 80.1 cm³/mol. The molecular weight excluding hydrogens is 222 g/mol. The van der Waals surface area contributed by atoms with E-state index in [0.29, 0.717) is 0 Å². The van der Waals surface area contributed by atoms with E-state index in [2.05, 4.69) is 43.1 Å². The molecule has 1 unspecified atom stereocenters. The van der Waals surface area contributed by atoms with Crippen LogP contribution in [0.4, 0.5) is 0 Å². The van der Waals surface area contributed by atoms with E-state index in [1.165, 1.54) is 51.9 Å². The summed E-state index contributed by atoms with van der Waals surface area (Å²) in [5, 5.41) is 3.57. The molecule has 0 bridgehead atoms. The molecule has 1 atom stereocenters. The van der Waals surface area contributed by atoms with Crippen molar-refractivity contribution in [3.8, 4) is 0 Å². The summed E-state index contributed by atoms with van der Waals surface area (Å²) < 4.78 is 0. The van der Waals surface area contributed by atoms with Gasteiger partial charge in [0.25, 0.3) is 0 Å². The van der Waals surface area contributed by atoms with Crippen LogP contribution in [0.25, 0.3) is 0 Å². The van der Waals surface area contributed by atoms with E-state index in [9.17, 15) is 0 Å². The van der Waals surface area contributed by atoms with Crippen LogP contribution < -0.4 is 5.32 Å². The molecule has 1 fully saturated rings. The van der Waals surface area contributed by atoms with Gasteiger partial charge in [-0.2, -0.15) is 0 Å². The summed E-state index contributed by atoms with van der Waals surface area (Å²) in [6.07, 6.45) is 5.38. The third-order valence-corrected chi connectivity index (χ3v) is 4.00. The molecule has 0 radical (unpaired) electrons. The summed E-state index contributed by atoms with van der Waals surface area (Å²) in [5.41, 5.74) is 0. The highest BCUT2D eigenvalue weighted by Gasteiger charge is 2.20. The fourth-order valence-corrected chi connectivity index (χ4v) is 2.70. The van der Waals surface area contributed by atoms with Gasteiger partial charge in [-0.3, -0.25) is 0 Å². The van der Waals surface area contributed by atoms with Crippen LogP contribution in [0.15, 0.2) is 0 Å². The first kappa shape index (κ1) is 15.9. The predicted octanol–water partition coefficient (Wildman–Crippen LogP) is 2.04. The number of nitrogens with one attached hydrogen (secondary N) is 1. The Hall–Kier alpha value is -0.120. The topological polar surface area (TPSA) is 18.5 Å². The fourth-order valence-electron chi connectivity index (χ4n) is 2.70. The van der Waals surface area contributed by atoms with Crippen molar-refractivity contribution in [2.75, 3.05) is 46.8 Å². The number of piperidine rings is 1. The first-order valence-electron chi connectivity index (χ1n) is 7.69. The molecule has 0 aromatic carbocycles. The zero-order valence-electron chi connectivity index (χ0n) is 12.9. The van der Waals surface area contributed by atoms with Gasteiger partial charge in [0.05, 0.1) is 0 Å². The normalized spacial score (nSPS) is 22.0. The maximum Gasteiger partial charge on any atom is 0.0221 e. The monoisotopic (exact) mass is 255 g/mol. The molecule has 1 N–H and O–H groups in total. The molecule has 0 spiro atoms. The quantitative estimate of drug-likeness (QED) is 0.670. The van der Waals surface area contributed by atoms with Crippen molar-refractivity contribution in [3.63, 3.8) is 0 Å². The van der Waals surface area contributed by atoms with Gasteiger partial charge in [0.1, 0.15) is 0 Å². The summed E-state index contributed by atoms with van der Waals surface area (Å²) >= 11 is 0. The van der Waals surface area contributed by atoms with Gasteiger partial charge in [-0.1, -0.05) is 13.8 Å². The van der Waals surface area contributed by atoms with Crippen molar-refractivity contribution in [3.05, 3.63) is 0 Å². The van der Waals surface area contributed by atoms with Crippen LogP contribution in [0.2, 0.25) is 0 Å². The summed E-state index contributed by atoms with van der Waals surface area (Å²) in [4.78, 5) is 4.99. The van der Waals surface area contributed by atoms with Gasteiger partial charge in [-0.25, -0.2) is 0 Å². The van der Waals surface area contributed by atoms with Crippen LogP contribution in [0, 0.1) is 5.92 Å². The standard InChI is InChI=1S/C15H33N3/c1-14(2)7-5-9-16-10-12-18(4)15-8-6-11-17(3)13-15/h14-16H,5-13H2,1-4H3. The Morgan fingerprint density at radius 3 is 2.78 bits per heavy atom. The molecular formula is C15H33N3. The lowest BCUT2D eigenvalue weighted by molar-refractivity contribution is 0.135. The van der Waals surface area contributed by atoms with E-state index in [4.69, 9.17) is 0 Å². The molecule has 0 aromatic heterocycles. The second kappa shape index (κ2) is 8.89. The van der Waals surface area contributed by atoms with E-state index >= 15 is 0 Å². The van der Waals surface area contributed by atoms with E-state index in [1.807, 2.05) is 0 Å². The first-order chi connectivity index (χ1) is 8.59. The number of hydrogen-bond donors (Lipinski definition) is 1. The highest BCUT2D eigenvalue weighted by Crippen LogP contribution is 2.12. The molecule has 3 heteroatoms. The van der Waals surface area contributed by atoms with Crippen LogP contribution in [0.3, 0.4) is 0 Å². The SMILES string of the molecule is CC(C)CCCNCCN(C)C1CCCN(C)C1. The second-order valence-corrected chi connectivity index (χ2v) is 6.32. The van der Waals surface area contributed by atoms with Gasteiger partial charge in [-0.15, -0.1) is 0 Å². The van der Waals surface area contributed by atoms with Crippen LogP contribution in [0.5, 0.6) is 0 Å². The molecule has 108 valence electrons. The molecule has 1 aliphatic rings. The minimum Gasteiger partial charge on any atom is -0.315 e. The number of nitrogens with zero attached hydrogens (tertiary/aromatic N) is 2. The zero-order valence-corrected chi connectivity index (χ0v) is 12.9. The van der Waals surface area contributed by atoms with Crippen LogP contribution in [-0.4, -0.2) is 62.7 Å². The molecule has 1 rings (SSSR count). The Kier molecular flexibility index (Phi) is 7.87. The van der Waals surface area contributed by atoms with E-state index in [1.54, 1.807) is 0 Å². The van der Waals surface area contributed by atoms with Crippen molar-refractivity contribution in [2.45, 2.75) is 45.6 Å². The molecule has 0 aromatic rings. The second-order valence-electron chi connectivity index (χ2n) is 6.32. The van der Waals surface area contributed by atoms with Gasteiger partial charge >= 0.3 is 0 Å². The average molecular weight is 255 g/mol. The fraction of sp³-hybridized carbons (Fsp3) is 1.00. The summed E-state index contributed by atoms with van der Waals surface area (Å²) in [5.74, 6) is 0.840. The highest BCUT2D eigenvalue weighted by atomic mass is 15.2. The smallest absolute Gasteiger partial charge is 0.0221 e. The van der Waals surface area contributed by atoms with Crippen LogP contribution in [0.1, 0.15) is 39.5 Å². The third-order valence-electron chi connectivity index (χ3n) is 4.00.